The molecule has 1 aromatic carbocycles. The number of carbonyl (C=O) groups excluding carboxylic acids is 1. The van der Waals surface area contributed by atoms with E-state index in [1.807, 2.05) is 24.3 Å². The summed E-state index contributed by atoms with van der Waals surface area (Å²) in [4.78, 5) is 20.9. The lowest BCUT2D eigenvalue weighted by Gasteiger charge is -2.35. The van der Waals surface area contributed by atoms with Crippen molar-refractivity contribution in [2.45, 2.75) is 45.6 Å². The average molecular weight is 375 g/mol. The molecule has 0 saturated heterocycles. The summed E-state index contributed by atoms with van der Waals surface area (Å²) < 4.78 is 6.29. The first-order chi connectivity index (χ1) is 13.5. The zero-order valence-electron chi connectivity index (χ0n) is 16.3. The Balaban J connectivity index is 1.54. The largest absolute Gasteiger partial charge is 0.474 e. The fraction of sp³-hybridized carbons (Fsp3) is 0.348. The molecule has 1 atom stereocenters. The van der Waals surface area contributed by atoms with Crippen LogP contribution in [0.5, 0.6) is 5.88 Å². The summed E-state index contributed by atoms with van der Waals surface area (Å²) in [5, 5.41) is 4.84. The normalized spacial score (nSPS) is 18.6. The minimum Gasteiger partial charge on any atom is -0.474 e. The molecular weight excluding hydrogens is 350 g/mol. The number of nitrogens with one attached hydrogen (secondary N) is 1. The molecule has 1 aliphatic rings. The maximum absolute atomic E-state index is 12.3. The number of ether oxygens (including phenoxy) is 1. The molecule has 1 N–H and O–H groups in total. The van der Waals surface area contributed by atoms with Crippen molar-refractivity contribution in [3.05, 3.63) is 60.6 Å². The second kappa shape index (κ2) is 7.58. The van der Waals surface area contributed by atoms with Crippen LogP contribution >= 0.6 is 0 Å². The number of carbonyl (C=O) groups is 1. The molecule has 4 rings (SSSR count). The summed E-state index contributed by atoms with van der Waals surface area (Å²) in [6.07, 6.45) is 8.11. The van der Waals surface area contributed by atoms with Crippen molar-refractivity contribution in [1.82, 2.24) is 9.97 Å². The Bertz CT molecular complexity index is 986. The number of aromatic nitrogens is 2. The third-order valence-electron chi connectivity index (χ3n) is 5.32. The van der Waals surface area contributed by atoms with Gasteiger partial charge in [0.15, 0.2) is 0 Å². The van der Waals surface area contributed by atoms with E-state index in [0.29, 0.717) is 17.0 Å². The maximum atomic E-state index is 12.3. The van der Waals surface area contributed by atoms with Crippen molar-refractivity contribution in [2.24, 2.45) is 5.41 Å². The predicted molar refractivity (Wildman–Crippen MR) is 111 cm³/mol. The zero-order valence-corrected chi connectivity index (χ0v) is 16.3. The van der Waals surface area contributed by atoms with Gasteiger partial charge in [-0.2, -0.15) is 0 Å². The number of benzene rings is 1. The van der Waals surface area contributed by atoms with Gasteiger partial charge in [-0.3, -0.25) is 9.78 Å². The van der Waals surface area contributed by atoms with Gasteiger partial charge in [0.25, 0.3) is 5.91 Å². The molecule has 1 amide bonds. The molecule has 2 heterocycles. The molecule has 1 saturated carbocycles. The topological polar surface area (TPSA) is 64.1 Å². The van der Waals surface area contributed by atoms with Crippen LogP contribution in [-0.4, -0.2) is 22.0 Å². The van der Waals surface area contributed by atoms with E-state index < -0.39 is 0 Å². The van der Waals surface area contributed by atoms with Gasteiger partial charge in [0.2, 0.25) is 5.88 Å². The van der Waals surface area contributed by atoms with Crippen LogP contribution in [0.25, 0.3) is 10.8 Å². The van der Waals surface area contributed by atoms with E-state index in [1.165, 1.54) is 12.8 Å². The first-order valence-corrected chi connectivity index (χ1v) is 9.78. The highest BCUT2D eigenvalue weighted by molar-refractivity contribution is 6.04. The van der Waals surface area contributed by atoms with Gasteiger partial charge in [-0.15, -0.1) is 0 Å². The van der Waals surface area contributed by atoms with Crippen molar-refractivity contribution in [1.29, 1.82) is 0 Å². The fourth-order valence-electron chi connectivity index (χ4n) is 3.90. The Labute approximate surface area is 165 Å². The van der Waals surface area contributed by atoms with Gasteiger partial charge in [0, 0.05) is 23.5 Å². The third kappa shape index (κ3) is 4.14. The smallest absolute Gasteiger partial charge is 0.274 e. The average Bonchev–Trinajstić information content (AvgIpc) is 2.68. The second-order valence-corrected chi connectivity index (χ2v) is 8.22. The van der Waals surface area contributed by atoms with Gasteiger partial charge in [-0.25, -0.2) is 4.98 Å². The van der Waals surface area contributed by atoms with Gasteiger partial charge in [0.1, 0.15) is 11.8 Å². The number of amides is 1. The molecular formula is C23H25N3O2. The van der Waals surface area contributed by atoms with Gasteiger partial charge in [-0.1, -0.05) is 19.9 Å². The summed E-state index contributed by atoms with van der Waals surface area (Å²) in [6, 6.07) is 13.0. The third-order valence-corrected chi connectivity index (χ3v) is 5.32. The monoisotopic (exact) mass is 375 g/mol. The molecule has 1 unspecified atom stereocenters. The van der Waals surface area contributed by atoms with E-state index in [1.54, 1.807) is 30.6 Å². The molecule has 0 spiro atoms. The highest BCUT2D eigenvalue weighted by Crippen LogP contribution is 2.37. The van der Waals surface area contributed by atoms with E-state index in [-0.39, 0.29) is 12.0 Å². The zero-order chi connectivity index (χ0) is 19.6. The molecule has 1 fully saturated rings. The minimum atomic E-state index is -0.227. The molecule has 1 aliphatic carbocycles. The molecule has 0 aliphatic heterocycles. The molecule has 5 heteroatoms. The van der Waals surface area contributed by atoms with E-state index in [0.717, 1.165) is 29.3 Å². The van der Waals surface area contributed by atoms with Crippen molar-refractivity contribution in [3.63, 3.8) is 0 Å². The first kappa shape index (κ1) is 18.4. The number of nitrogens with zero attached hydrogens (tertiary/aromatic N) is 2. The van der Waals surface area contributed by atoms with Crippen LogP contribution in [0.2, 0.25) is 0 Å². The van der Waals surface area contributed by atoms with Gasteiger partial charge < -0.3 is 10.1 Å². The summed E-state index contributed by atoms with van der Waals surface area (Å²) in [7, 11) is 0. The minimum absolute atomic E-state index is 0.199. The number of rotatable bonds is 4. The molecule has 0 bridgehead atoms. The summed E-state index contributed by atoms with van der Waals surface area (Å²) in [6.45, 7) is 4.60. The summed E-state index contributed by atoms with van der Waals surface area (Å²) in [5.41, 5.74) is 1.43. The Morgan fingerprint density at radius 2 is 2.04 bits per heavy atom. The highest BCUT2D eigenvalue weighted by atomic mass is 16.5. The van der Waals surface area contributed by atoms with E-state index in [9.17, 15) is 4.79 Å². The van der Waals surface area contributed by atoms with Crippen molar-refractivity contribution in [2.75, 3.05) is 5.32 Å². The van der Waals surface area contributed by atoms with Crippen LogP contribution in [0.4, 0.5) is 5.69 Å². The second-order valence-electron chi connectivity index (χ2n) is 8.22. The lowest BCUT2D eigenvalue weighted by Crippen LogP contribution is -2.30. The number of hydrogen-bond donors (Lipinski definition) is 1. The van der Waals surface area contributed by atoms with E-state index in [2.05, 4.69) is 29.1 Å². The highest BCUT2D eigenvalue weighted by Gasteiger charge is 2.29. The molecule has 144 valence electrons. The standard InChI is InChI=1S/C23H25N3O2/c1-23(2)11-5-6-18(15-23)28-22-19-9-8-17(14-16(19)10-13-25-22)26-21(27)20-7-3-4-12-24-20/h3-4,7-10,12-14,18H,5-6,11,15H2,1-2H3,(H,26,27). The van der Waals surface area contributed by atoms with Crippen LogP contribution in [-0.2, 0) is 0 Å². The molecule has 0 radical (unpaired) electrons. The lowest BCUT2D eigenvalue weighted by molar-refractivity contribution is 0.0827. The van der Waals surface area contributed by atoms with Gasteiger partial charge in [0.05, 0.1) is 0 Å². The predicted octanol–water partition coefficient (Wildman–Crippen LogP) is 5.23. The fourth-order valence-corrected chi connectivity index (χ4v) is 3.90. The Kier molecular flexibility index (Phi) is 4.99. The van der Waals surface area contributed by atoms with Crippen molar-refractivity contribution in [3.8, 4) is 5.88 Å². The molecule has 28 heavy (non-hydrogen) atoms. The summed E-state index contributed by atoms with van der Waals surface area (Å²) >= 11 is 0. The van der Waals surface area contributed by atoms with Gasteiger partial charge >= 0.3 is 0 Å². The van der Waals surface area contributed by atoms with Crippen LogP contribution in [0.15, 0.2) is 54.9 Å². The Hall–Kier alpha value is -2.95. The Morgan fingerprint density at radius 3 is 2.82 bits per heavy atom. The number of fused-ring (bicyclic) bond motifs is 1. The van der Waals surface area contributed by atoms with Crippen molar-refractivity contribution >= 4 is 22.4 Å². The maximum Gasteiger partial charge on any atom is 0.274 e. The quantitative estimate of drug-likeness (QED) is 0.678. The van der Waals surface area contributed by atoms with Crippen LogP contribution in [0, 0.1) is 5.41 Å². The number of hydrogen-bond acceptors (Lipinski definition) is 4. The van der Waals surface area contributed by atoms with E-state index in [4.69, 9.17) is 4.74 Å². The Morgan fingerprint density at radius 1 is 1.14 bits per heavy atom. The van der Waals surface area contributed by atoms with Crippen LogP contribution < -0.4 is 10.1 Å². The van der Waals surface area contributed by atoms with E-state index >= 15 is 0 Å². The van der Waals surface area contributed by atoms with Crippen molar-refractivity contribution < 1.29 is 9.53 Å². The van der Waals surface area contributed by atoms with Gasteiger partial charge in [-0.05, 0) is 72.9 Å². The van der Waals surface area contributed by atoms with Crippen LogP contribution in [0.3, 0.4) is 0 Å². The molecule has 3 aromatic rings. The molecule has 5 nitrogen and oxygen atoms in total. The lowest BCUT2D eigenvalue weighted by atomic mass is 9.76. The molecule has 2 aromatic heterocycles. The first-order valence-electron chi connectivity index (χ1n) is 9.78. The van der Waals surface area contributed by atoms with Crippen LogP contribution in [0.1, 0.15) is 50.0 Å². The summed E-state index contributed by atoms with van der Waals surface area (Å²) in [5.74, 6) is 0.442. The number of anilines is 1. The number of pyridine rings is 2. The SMILES string of the molecule is CC1(C)CCCC(Oc2nccc3cc(NC(=O)c4ccccn4)ccc23)C1.